The molecule has 7 nitrogen and oxygen atoms in total. The maximum absolute atomic E-state index is 12.8. The number of halogens is 1. The molecule has 0 bridgehead atoms. The minimum atomic E-state index is -0.178. The zero-order valence-electron chi connectivity index (χ0n) is 18.6. The van der Waals surface area contributed by atoms with Gasteiger partial charge in [-0.05, 0) is 39.2 Å². The van der Waals surface area contributed by atoms with Gasteiger partial charge in [-0.1, -0.05) is 48.0 Å². The van der Waals surface area contributed by atoms with Crippen LogP contribution in [0.3, 0.4) is 0 Å². The van der Waals surface area contributed by atoms with Crippen LogP contribution in [-0.4, -0.2) is 74.4 Å². The standard InChI is InChI=1S/C24H29ClN6O/c1-29(2)13-7-12-26-24(32)22-18-8-3-4-9-19(18)23(28-27-22)31-16-14-30(15-17-31)21-11-6-5-10-20(21)25/h3-6,8-11H,7,12-17H2,1-2H3,(H,26,32). The molecule has 0 atom stereocenters. The average Bonchev–Trinajstić information content (AvgIpc) is 2.81. The summed E-state index contributed by atoms with van der Waals surface area (Å²) in [6.07, 6.45) is 0.887. The molecule has 1 saturated heterocycles. The summed E-state index contributed by atoms with van der Waals surface area (Å²) in [5, 5.41) is 14.3. The quantitative estimate of drug-likeness (QED) is 0.555. The number of aromatic nitrogens is 2. The molecule has 168 valence electrons. The van der Waals surface area contributed by atoms with Gasteiger partial charge in [-0.2, -0.15) is 0 Å². The van der Waals surface area contributed by atoms with Crippen molar-refractivity contribution in [3.8, 4) is 0 Å². The second kappa shape index (κ2) is 10.1. The molecule has 1 aliphatic rings. The van der Waals surface area contributed by atoms with Crippen molar-refractivity contribution in [3.05, 3.63) is 59.2 Å². The van der Waals surface area contributed by atoms with Gasteiger partial charge in [-0.3, -0.25) is 4.79 Å². The Balaban J connectivity index is 1.49. The third-order valence-electron chi connectivity index (χ3n) is 5.72. The van der Waals surface area contributed by atoms with Crippen molar-refractivity contribution in [2.75, 3.05) is 63.2 Å². The molecule has 1 aromatic heterocycles. The number of piperazine rings is 1. The van der Waals surface area contributed by atoms with Crippen molar-refractivity contribution in [1.82, 2.24) is 20.4 Å². The largest absolute Gasteiger partial charge is 0.367 e. The second-order valence-corrected chi connectivity index (χ2v) is 8.66. The summed E-state index contributed by atoms with van der Waals surface area (Å²) in [7, 11) is 4.04. The van der Waals surface area contributed by atoms with Gasteiger partial charge in [0.1, 0.15) is 0 Å². The molecule has 1 N–H and O–H groups in total. The summed E-state index contributed by atoms with van der Waals surface area (Å²) in [5.74, 6) is 0.645. The Labute approximate surface area is 194 Å². The van der Waals surface area contributed by atoms with Crippen molar-refractivity contribution >= 4 is 39.8 Å². The van der Waals surface area contributed by atoms with Gasteiger partial charge in [0.05, 0.1) is 10.7 Å². The Bertz CT molecular complexity index is 1080. The molecule has 2 heterocycles. The topological polar surface area (TPSA) is 64.6 Å². The van der Waals surface area contributed by atoms with Gasteiger partial charge in [-0.15, -0.1) is 10.2 Å². The molecule has 4 rings (SSSR count). The van der Waals surface area contributed by atoms with E-state index in [1.54, 1.807) is 0 Å². The van der Waals surface area contributed by atoms with Crippen molar-refractivity contribution in [1.29, 1.82) is 0 Å². The fourth-order valence-electron chi connectivity index (χ4n) is 4.04. The van der Waals surface area contributed by atoms with Crippen molar-refractivity contribution in [2.45, 2.75) is 6.42 Å². The smallest absolute Gasteiger partial charge is 0.272 e. The summed E-state index contributed by atoms with van der Waals surface area (Å²) in [5.41, 5.74) is 1.44. The number of benzene rings is 2. The average molecular weight is 453 g/mol. The van der Waals surface area contributed by atoms with E-state index in [0.29, 0.717) is 12.2 Å². The first-order valence-electron chi connectivity index (χ1n) is 11.0. The van der Waals surface area contributed by atoms with Gasteiger partial charge in [0.25, 0.3) is 5.91 Å². The number of rotatable bonds is 7. The predicted octanol–water partition coefficient (Wildman–Crippen LogP) is 3.29. The minimum Gasteiger partial charge on any atom is -0.367 e. The Morgan fingerprint density at radius 3 is 2.34 bits per heavy atom. The van der Waals surface area contributed by atoms with Crippen LogP contribution in [-0.2, 0) is 0 Å². The predicted molar refractivity (Wildman–Crippen MR) is 131 cm³/mol. The Hall–Kier alpha value is -2.90. The number of carbonyl (C=O) groups excluding carboxylic acids is 1. The van der Waals surface area contributed by atoms with E-state index in [0.717, 1.165) is 66.4 Å². The Morgan fingerprint density at radius 2 is 1.62 bits per heavy atom. The summed E-state index contributed by atoms with van der Waals surface area (Å²) in [6.45, 7) is 4.83. The van der Waals surface area contributed by atoms with Crippen LogP contribution in [0.25, 0.3) is 10.8 Å². The van der Waals surface area contributed by atoms with Crippen LogP contribution in [0.4, 0.5) is 11.5 Å². The van der Waals surface area contributed by atoms with E-state index in [1.165, 1.54) is 0 Å². The number of anilines is 2. The number of nitrogens with zero attached hydrogens (tertiary/aromatic N) is 5. The summed E-state index contributed by atoms with van der Waals surface area (Å²) < 4.78 is 0. The third-order valence-corrected chi connectivity index (χ3v) is 6.04. The zero-order valence-corrected chi connectivity index (χ0v) is 19.3. The van der Waals surface area contributed by atoms with E-state index in [4.69, 9.17) is 11.6 Å². The molecule has 8 heteroatoms. The SMILES string of the molecule is CN(C)CCCNC(=O)c1nnc(N2CCN(c3ccccc3Cl)CC2)c2ccccc12. The fraction of sp³-hybridized carbons (Fsp3) is 0.375. The minimum absolute atomic E-state index is 0.178. The lowest BCUT2D eigenvalue weighted by molar-refractivity contribution is 0.0948. The van der Waals surface area contributed by atoms with Crippen LogP contribution >= 0.6 is 11.6 Å². The number of hydrogen-bond acceptors (Lipinski definition) is 6. The molecule has 2 aromatic carbocycles. The highest BCUT2D eigenvalue weighted by Crippen LogP contribution is 2.29. The third kappa shape index (κ3) is 4.95. The molecular formula is C24H29ClN6O. The zero-order chi connectivity index (χ0) is 22.5. The Morgan fingerprint density at radius 1 is 0.969 bits per heavy atom. The van der Waals surface area contributed by atoms with Crippen molar-refractivity contribution in [3.63, 3.8) is 0 Å². The molecule has 0 spiro atoms. The Kier molecular flexibility index (Phi) is 7.07. The lowest BCUT2D eigenvalue weighted by Crippen LogP contribution is -2.47. The number of nitrogens with one attached hydrogen (secondary N) is 1. The highest BCUT2D eigenvalue weighted by atomic mass is 35.5. The first-order chi connectivity index (χ1) is 15.5. The number of fused-ring (bicyclic) bond motifs is 1. The summed E-state index contributed by atoms with van der Waals surface area (Å²) >= 11 is 6.38. The normalized spacial score (nSPS) is 14.2. The second-order valence-electron chi connectivity index (χ2n) is 8.26. The number of amides is 1. The van der Waals surface area contributed by atoms with Crippen molar-refractivity contribution < 1.29 is 4.79 Å². The molecule has 0 radical (unpaired) electrons. The fourth-order valence-corrected chi connectivity index (χ4v) is 4.29. The highest BCUT2D eigenvalue weighted by Gasteiger charge is 2.23. The molecule has 1 aliphatic heterocycles. The molecule has 1 amide bonds. The molecule has 32 heavy (non-hydrogen) atoms. The number of carbonyl (C=O) groups is 1. The molecule has 3 aromatic rings. The molecule has 0 saturated carbocycles. The van der Waals surface area contributed by atoms with Gasteiger partial charge in [-0.25, -0.2) is 0 Å². The van der Waals surface area contributed by atoms with Crippen LogP contribution in [0.2, 0.25) is 5.02 Å². The van der Waals surface area contributed by atoms with Crippen molar-refractivity contribution in [2.24, 2.45) is 0 Å². The lowest BCUT2D eigenvalue weighted by atomic mass is 10.1. The van der Waals surface area contributed by atoms with Crippen LogP contribution in [0, 0.1) is 0 Å². The summed E-state index contributed by atoms with van der Waals surface area (Å²) in [6, 6.07) is 15.8. The van der Waals surface area contributed by atoms with Gasteiger partial charge in [0.15, 0.2) is 11.5 Å². The van der Waals surface area contributed by atoms with E-state index in [2.05, 4.69) is 36.3 Å². The van der Waals surface area contributed by atoms with E-state index in [9.17, 15) is 4.79 Å². The first kappa shape index (κ1) is 22.3. The number of para-hydroxylation sites is 1. The first-order valence-corrected chi connectivity index (χ1v) is 11.3. The monoisotopic (exact) mass is 452 g/mol. The molecule has 0 unspecified atom stereocenters. The van der Waals surface area contributed by atoms with E-state index >= 15 is 0 Å². The van der Waals surface area contributed by atoms with Gasteiger partial charge in [0.2, 0.25) is 0 Å². The number of hydrogen-bond donors (Lipinski definition) is 1. The maximum Gasteiger partial charge on any atom is 0.272 e. The van der Waals surface area contributed by atoms with Gasteiger partial charge in [0, 0.05) is 43.5 Å². The van der Waals surface area contributed by atoms with E-state index < -0.39 is 0 Å². The van der Waals surface area contributed by atoms with E-state index in [-0.39, 0.29) is 5.91 Å². The highest BCUT2D eigenvalue weighted by molar-refractivity contribution is 6.33. The van der Waals surface area contributed by atoms with Gasteiger partial charge < -0.3 is 20.0 Å². The van der Waals surface area contributed by atoms with Crippen LogP contribution in [0.1, 0.15) is 16.9 Å². The van der Waals surface area contributed by atoms with Crippen LogP contribution in [0.15, 0.2) is 48.5 Å². The van der Waals surface area contributed by atoms with E-state index in [1.807, 2.05) is 56.6 Å². The molecule has 0 aliphatic carbocycles. The van der Waals surface area contributed by atoms with Crippen LogP contribution in [0.5, 0.6) is 0 Å². The lowest BCUT2D eigenvalue weighted by Gasteiger charge is -2.37. The summed E-state index contributed by atoms with van der Waals surface area (Å²) in [4.78, 5) is 19.4. The molecular weight excluding hydrogens is 424 g/mol. The van der Waals surface area contributed by atoms with Crippen LogP contribution < -0.4 is 15.1 Å². The molecule has 1 fully saturated rings. The maximum atomic E-state index is 12.8. The van der Waals surface area contributed by atoms with Gasteiger partial charge >= 0.3 is 0 Å².